The first-order valence-corrected chi connectivity index (χ1v) is 11.8. The lowest BCUT2D eigenvalue weighted by Crippen LogP contribution is -2.52. The van der Waals surface area contributed by atoms with Crippen LogP contribution < -0.4 is 4.74 Å². The van der Waals surface area contributed by atoms with Crippen molar-refractivity contribution < 1.29 is 9.53 Å². The second-order valence-electron chi connectivity index (χ2n) is 9.66. The number of carbonyl (C=O) groups is 1. The number of carbonyl (C=O) groups excluding carboxylic acids is 1. The summed E-state index contributed by atoms with van der Waals surface area (Å²) in [5, 5.41) is 0. The highest BCUT2D eigenvalue weighted by molar-refractivity contribution is 6.00. The molecule has 3 aromatic rings. The van der Waals surface area contributed by atoms with Crippen LogP contribution in [-0.4, -0.2) is 43.9 Å². The third-order valence-corrected chi connectivity index (χ3v) is 6.84. The second-order valence-corrected chi connectivity index (χ2v) is 9.66. The van der Waals surface area contributed by atoms with E-state index < -0.39 is 0 Å². The number of aryl methyl sites for hydroxylation is 1. The summed E-state index contributed by atoms with van der Waals surface area (Å²) in [6.45, 7) is 6.47. The van der Waals surface area contributed by atoms with Gasteiger partial charge >= 0.3 is 0 Å². The van der Waals surface area contributed by atoms with Gasteiger partial charge in [0.2, 0.25) is 5.88 Å². The number of ether oxygens (including phenoxy) is 1. The van der Waals surface area contributed by atoms with Gasteiger partial charge in [0.05, 0.1) is 11.6 Å². The molecule has 2 aromatic heterocycles. The first-order chi connectivity index (χ1) is 16.0. The van der Waals surface area contributed by atoms with Crippen molar-refractivity contribution in [3.8, 4) is 17.3 Å². The van der Waals surface area contributed by atoms with Crippen LogP contribution in [0.1, 0.15) is 49.0 Å². The molecule has 2 fully saturated rings. The van der Waals surface area contributed by atoms with Gasteiger partial charge in [-0.3, -0.25) is 4.79 Å². The number of piperidine rings is 1. The number of hydrogen-bond acceptors (Lipinski definition) is 5. The maximum absolute atomic E-state index is 14.1. The van der Waals surface area contributed by atoms with Crippen molar-refractivity contribution in [3.05, 3.63) is 72.2 Å². The van der Waals surface area contributed by atoms with Crippen LogP contribution >= 0.6 is 0 Å². The fourth-order valence-electron chi connectivity index (χ4n) is 5.43. The van der Waals surface area contributed by atoms with Crippen molar-refractivity contribution in [2.45, 2.75) is 58.2 Å². The number of likely N-dealkylation sites (tertiary alicyclic amines) is 1. The third kappa shape index (κ3) is 4.22. The lowest BCUT2D eigenvalue weighted by molar-refractivity contribution is 0.0239. The van der Waals surface area contributed by atoms with E-state index in [1.807, 2.05) is 49.5 Å². The molecule has 1 aliphatic heterocycles. The zero-order valence-electron chi connectivity index (χ0n) is 19.4. The molecule has 5 rings (SSSR count). The van der Waals surface area contributed by atoms with Crippen LogP contribution in [-0.2, 0) is 0 Å². The van der Waals surface area contributed by atoms with Gasteiger partial charge in [0, 0.05) is 36.3 Å². The largest absolute Gasteiger partial charge is 0.472 e. The molecule has 0 spiro atoms. The van der Waals surface area contributed by atoms with Gasteiger partial charge in [-0.1, -0.05) is 38.1 Å². The van der Waals surface area contributed by atoms with Crippen LogP contribution in [0.5, 0.6) is 5.88 Å². The molecule has 1 amide bonds. The summed E-state index contributed by atoms with van der Waals surface area (Å²) in [6.07, 6.45) is 8.13. The van der Waals surface area contributed by atoms with Crippen molar-refractivity contribution in [1.82, 2.24) is 19.9 Å². The van der Waals surface area contributed by atoms with E-state index in [9.17, 15) is 4.79 Å². The molecule has 2 aliphatic rings. The van der Waals surface area contributed by atoms with Crippen molar-refractivity contribution in [2.75, 3.05) is 0 Å². The first kappa shape index (κ1) is 21.6. The Morgan fingerprint density at radius 2 is 1.85 bits per heavy atom. The molecule has 2 bridgehead atoms. The Balaban J connectivity index is 1.47. The minimum atomic E-state index is -0.0438. The molecule has 1 saturated carbocycles. The summed E-state index contributed by atoms with van der Waals surface area (Å²) in [5.41, 5.74) is 2.52. The van der Waals surface area contributed by atoms with Crippen molar-refractivity contribution >= 4 is 5.91 Å². The number of amides is 1. The Bertz CT molecular complexity index is 1120. The summed E-state index contributed by atoms with van der Waals surface area (Å²) in [5.74, 6) is 2.20. The van der Waals surface area contributed by atoms with Crippen LogP contribution in [0, 0.1) is 18.8 Å². The highest BCUT2D eigenvalue weighted by Crippen LogP contribution is 2.47. The molecule has 4 atom stereocenters. The normalized spacial score (nSPS) is 23.8. The van der Waals surface area contributed by atoms with Crippen molar-refractivity contribution in [1.29, 1.82) is 0 Å². The van der Waals surface area contributed by atoms with E-state index in [2.05, 4.69) is 33.7 Å². The molecule has 6 nitrogen and oxygen atoms in total. The highest BCUT2D eigenvalue weighted by atomic mass is 16.5. The van der Waals surface area contributed by atoms with Gasteiger partial charge < -0.3 is 9.64 Å². The maximum Gasteiger partial charge on any atom is 0.255 e. The van der Waals surface area contributed by atoms with Gasteiger partial charge in [-0.2, -0.15) is 0 Å². The van der Waals surface area contributed by atoms with Gasteiger partial charge in [0.25, 0.3) is 5.91 Å². The van der Waals surface area contributed by atoms with E-state index >= 15 is 0 Å². The third-order valence-electron chi connectivity index (χ3n) is 6.84. The Morgan fingerprint density at radius 3 is 2.58 bits per heavy atom. The average Bonchev–Trinajstić information content (AvgIpc) is 3.38. The van der Waals surface area contributed by atoms with Crippen LogP contribution in [0.2, 0.25) is 0 Å². The monoisotopic (exact) mass is 442 g/mol. The molecule has 0 N–H and O–H groups in total. The minimum Gasteiger partial charge on any atom is -0.472 e. The molecule has 33 heavy (non-hydrogen) atoms. The number of pyridine rings is 1. The topological polar surface area (TPSA) is 68.2 Å². The Labute approximate surface area is 195 Å². The molecule has 4 unspecified atom stereocenters. The van der Waals surface area contributed by atoms with Crippen molar-refractivity contribution in [3.63, 3.8) is 0 Å². The summed E-state index contributed by atoms with van der Waals surface area (Å²) in [7, 11) is 0. The van der Waals surface area contributed by atoms with Crippen molar-refractivity contribution in [2.24, 2.45) is 11.8 Å². The van der Waals surface area contributed by atoms with Gasteiger partial charge in [-0.15, -0.1) is 0 Å². The fraction of sp³-hybridized carbons (Fsp3) is 0.407. The average molecular weight is 443 g/mol. The molecule has 1 aliphatic carbocycles. The van der Waals surface area contributed by atoms with Crippen LogP contribution in [0.3, 0.4) is 0 Å². The van der Waals surface area contributed by atoms with E-state index in [0.29, 0.717) is 29.1 Å². The van der Waals surface area contributed by atoms with Gasteiger partial charge in [0.1, 0.15) is 6.10 Å². The van der Waals surface area contributed by atoms with Gasteiger partial charge in [-0.25, -0.2) is 15.0 Å². The quantitative estimate of drug-likeness (QED) is 0.541. The van der Waals surface area contributed by atoms with E-state index in [1.54, 1.807) is 18.5 Å². The molecule has 1 aromatic carbocycles. The zero-order chi connectivity index (χ0) is 22.9. The van der Waals surface area contributed by atoms with E-state index in [-0.39, 0.29) is 24.1 Å². The Morgan fingerprint density at radius 1 is 1.06 bits per heavy atom. The Kier molecular flexibility index (Phi) is 5.83. The summed E-state index contributed by atoms with van der Waals surface area (Å²) in [6, 6.07) is 13.6. The molecule has 3 heterocycles. The van der Waals surface area contributed by atoms with E-state index in [0.717, 1.165) is 30.4 Å². The summed E-state index contributed by atoms with van der Waals surface area (Å²) < 4.78 is 6.32. The molecule has 1 saturated heterocycles. The standard InChI is InChI=1S/C27H30N4O2/c1-17(2)13-22-19-14-23(24(15-19)33-25-10-9-18(3)16-30-25)31(22)27(32)21-8-5-4-7-20(21)26-28-11-6-12-29-26/h4-12,16-17,19,22-24H,13-15H2,1-3H3. The van der Waals surface area contributed by atoms with Gasteiger partial charge in [0.15, 0.2) is 5.82 Å². The minimum absolute atomic E-state index is 0.0408. The number of rotatable bonds is 6. The Hall–Kier alpha value is -3.28. The number of aromatic nitrogens is 3. The lowest BCUT2D eigenvalue weighted by atomic mass is 9.89. The molecule has 170 valence electrons. The number of benzene rings is 1. The summed E-state index contributed by atoms with van der Waals surface area (Å²) in [4.78, 5) is 29.4. The molecular formula is C27H30N4O2. The van der Waals surface area contributed by atoms with Crippen LogP contribution in [0.4, 0.5) is 0 Å². The lowest BCUT2D eigenvalue weighted by Gasteiger charge is -2.40. The van der Waals surface area contributed by atoms with Crippen LogP contribution in [0.25, 0.3) is 11.4 Å². The number of fused-ring (bicyclic) bond motifs is 2. The number of hydrogen-bond donors (Lipinski definition) is 0. The predicted octanol–water partition coefficient (Wildman–Crippen LogP) is 4.94. The highest BCUT2D eigenvalue weighted by Gasteiger charge is 2.54. The predicted molar refractivity (Wildman–Crippen MR) is 127 cm³/mol. The second kappa shape index (κ2) is 8.93. The van der Waals surface area contributed by atoms with E-state index in [4.69, 9.17) is 4.74 Å². The maximum atomic E-state index is 14.1. The molecule has 0 radical (unpaired) electrons. The van der Waals surface area contributed by atoms with Crippen LogP contribution in [0.15, 0.2) is 61.1 Å². The summed E-state index contributed by atoms with van der Waals surface area (Å²) >= 11 is 0. The number of nitrogens with zero attached hydrogens (tertiary/aromatic N) is 4. The fourth-order valence-corrected chi connectivity index (χ4v) is 5.43. The SMILES string of the molecule is Cc1ccc(OC2CC3CC2N(C(=O)c2ccccc2-c2ncccn2)C3CC(C)C)nc1. The molecular weight excluding hydrogens is 412 g/mol. The smallest absolute Gasteiger partial charge is 0.255 e. The zero-order valence-corrected chi connectivity index (χ0v) is 19.4. The van der Waals surface area contributed by atoms with Gasteiger partial charge in [-0.05, 0) is 55.7 Å². The first-order valence-electron chi connectivity index (χ1n) is 11.8. The van der Waals surface area contributed by atoms with E-state index in [1.165, 1.54) is 0 Å². The molecule has 6 heteroatoms.